The number of aliphatic carboxylic acids is 1. The van der Waals surface area contributed by atoms with E-state index in [4.69, 9.17) is 5.11 Å². The van der Waals surface area contributed by atoms with Crippen molar-refractivity contribution in [1.29, 1.82) is 0 Å². The van der Waals surface area contributed by atoms with E-state index < -0.39 is 12.0 Å². The van der Waals surface area contributed by atoms with Gasteiger partial charge in [0, 0.05) is 23.6 Å². The monoisotopic (exact) mass is 306 g/mol. The van der Waals surface area contributed by atoms with E-state index in [1.807, 2.05) is 18.0 Å². The molecular formula is C12H22N2O3S2. The van der Waals surface area contributed by atoms with Crippen molar-refractivity contribution < 1.29 is 14.7 Å². The smallest absolute Gasteiger partial charge is 0.326 e. The van der Waals surface area contributed by atoms with Gasteiger partial charge < -0.3 is 15.3 Å². The van der Waals surface area contributed by atoms with Crippen LogP contribution in [0.4, 0.5) is 4.79 Å². The minimum atomic E-state index is -0.965. The third kappa shape index (κ3) is 5.52. The van der Waals surface area contributed by atoms with Gasteiger partial charge in [0.2, 0.25) is 0 Å². The number of hydrogen-bond donors (Lipinski definition) is 2. The molecule has 7 heteroatoms. The Bertz CT molecular complexity index is 337. The van der Waals surface area contributed by atoms with E-state index in [-0.39, 0.29) is 10.8 Å². The molecule has 2 N–H and O–H groups in total. The van der Waals surface area contributed by atoms with Gasteiger partial charge in [-0.2, -0.15) is 23.5 Å². The lowest BCUT2D eigenvalue weighted by Gasteiger charge is -2.37. The number of carbonyl (C=O) groups is 2. The maximum Gasteiger partial charge on any atom is 0.326 e. The van der Waals surface area contributed by atoms with Crippen LogP contribution in [0.15, 0.2) is 0 Å². The zero-order chi connectivity index (χ0) is 14.5. The molecule has 1 aliphatic rings. The quantitative estimate of drug-likeness (QED) is 0.809. The molecule has 1 fully saturated rings. The number of urea groups is 1. The third-order valence-corrected chi connectivity index (χ3v) is 4.86. The number of amides is 2. The van der Waals surface area contributed by atoms with Gasteiger partial charge in [-0.3, -0.25) is 0 Å². The summed E-state index contributed by atoms with van der Waals surface area (Å²) in [7, 11) is 0. The van der Waals surface area contributed by atoms with Crippen LogP contribution in [-0.2, 0) is 4.79 Å². The summed E-state index contributed by atoms with van der Waals surface area (Å²) in [6.45, 7) is 5.52. The summed E-state index contributed by atoms with van der Waals surface area (Å²) in [5, 5.41) is 11.7. The van der Waals surface area contributed by atoms with Gasteiger partial charge in [-0.25, -0.2) is 9.59 Å². The van der Waals surface area contributed by atoms with Crippen molar-refractivity contribution in [2.24, 2.45) is 0 Å². The molecule has 2 amide bonds. The Kier molecular flexibility index (Phi) is 6.32. The normalized spacial score (nSPS) is 19.8. The second-order valence-electron chi connectivity index (χ2n) is 5.15. The largest absolute Gasteiger partial charge is 0.480 e. The molecule has 0 radical (unpaired) electrons. The first-order valence-electron chi connectivity index (χ1n) is 6.27. The van der Waals surface area contributed by atoms with Crippen molar-refractivity contribution in [2.45, 2.75) is 31.1 Å². The van der Waals surface area contributed by atoms with Gasteiger partial charge in [0.1, 0.15) is 6.04 Å². The van der Waals surface area contributed by atoms with E-state index >= 15 is 0 Å². The van der Waals surface area contributed by atoms with E-state index in [0.717, 1.165) is 11.5 Å². The van der Waals surface area contributed by atoms with E-state index in [1.54, 1.807) is 16.7 Å². The van der Waals surface area contributed by atoms with Gasteiger partial charge in [-0.15, -0.1) is 0 Å². The molecule has 0 saturated carbocycles. The van der Waals surface area contributed by atoms with Gasteiger partial charge in [0.15, 0.2) is 0 Å². The molecule has 0 bridgehead atoms. The van der Waals surface area contributed by atoms with Crippen LogP contribution in [0.25, 0.3) is 0 Å². The predicted octanol–water partition coefficient (Wildman–Crippen LogP) is 1.73. The number of nitrogens with zero attached hydrogens (tertiary/aromatic N) is 1. The van der Waals surface area contributed by atoms with Crippen LogP contribution in [-0.4, -0.2) is 63.6 Å². The Morgan fingerprint density at radius 2 is 2.21 bits per heavy atom. The standard InChI is InChI=1S/C12H22N2O3S2/c1-12(2)8-14(5-7-19-12)11(17)13-9(10(15)16)4-6-18-3/h9H,4-8H2,1-3H3,(H,13,17)(H,15,16)/t9-/m1/s1. The number of carboxylic acid groups (broad SMARTS) is 1. The van der Waals surface area contributed by atoms with Crippen LogP contribution in [0, 0.1) is 0 Å². The highest BCUT2D eigenvalue weighted by Gasteiger charge is 2.31. The fourth-order valence-corrected chi connectivity index (χ4v) is 3.51. The molecule has 0 aromatic heterocycles. The van der Waals surface area contributed by atoms with Gasteiger partial charge in [0.25, 0.3) is 0 Å². The second-order valence-corrected chi connectivity index (χ2v) is 7.94. The summed E-state index contributed by atoms with van der Waals surface area (Å²) in [5.74, 6) is 0.648. The summed E-state index contributed by atoms with van der Waals surface area (Å²) < 4.78 is 0.0353. The highest BCUT2D eigenvalue weighted by molar-refractivity contribution is 8.00. The zero-order valence-electron chi connectivity index (χ0n) is 11.6. The summed E-state index contributed by atoms with van der Waals surface area (Å²) >= 11 is 3.42. The highest BCUT2D eigenvalue weighted by atomic mass is 32.2. The molecule has 1 rings (SSSR count). The lowest BCUT2D eigenvalue weighted by atomic mass is 10.2. The van der Waals surface area contributed by atoms with Crippen molar-refractivity contribution in [2.75, 3.05) is 30.9 Å². The minimum Gasteiger partial charge on any atom is -0.480 e. The van der Waals surface area contributed by atoms with Crippen LogP contribution in [0.5, 0.6) is 0 Å². The topological polar surface area (TPSA) is 69.6 Å². The Morgan fingerprint density at radius 1 is 1.53 bits per heavy atom. The molecule has 0 aromatic rings. The number of hydrogen-bond acceptors (Lipinski definition) is 4. The summed E-state index contributed by atoms with van der Waals surface area (Å²) in [5.41, 5.74) is 0. The van der Waals surface area contributed by atoms with Gasteiger partial charge in [-0.1, -0.05) is 0 Å². The molecule has 0 aromatic carbocycles. The molecule has 1 aliphatic heterocycles. The first-order valence-corrected chi connectivity index (χ1v) is 8.65. The van der Waals surface area contributed by atoms with Crippen molar-refractivity contribution in [3.63, 3.8) is 0 Å². The van der Waals surface area contributed by atoms with Gasteiger partial charge in [0.05, 0.1) is 0 Å². The van der Waals surface area contributed by atoms with Crippen LogP contribution in [0.2, 0.25) is 0 Å². The van der Waals surface area contributed by atoms with Crippen molar-refractivity contribution in [1.82, 2.24) is 10.2 Å². The minimum absolute atomic E-state index is 0.0353. The lowest BCUT2D eigenvalue weighted by molar-refractivity contribution is -0.139. The first kappa shape index (κ1) is 16.5. The van der Waals surface area contributed by atoms with E-state index in [9.17, 15) is 9.59 Å². The Labute approximate surface area is 122 Å². The molecule has 0 aliphatic carbocycles. The van der Waals surface area contributed by atoms with E-state index in [0.29, 0.717) is 19.5 Å². The fourth-order valence-electron chi connectivity index (χ4n) is 1.92. The van der Waals surface area contributed by atoms with Crippen LogP contribution in [0.1, 0.15) is 20.3 Å². The van der Waals surface area contributed by atoms with E-state index in [1.165, 1.54) is 0 Å². The first-order chi connectivity index (χ1) is 8.85. The molecule has 19 heavy (non-hydrogen) atoms. The molecule has 5 nitrogen and oxygen atoms in total. The molecule has 110 valence electrons. The average molecular weight is 306 g/mol. The fraction of sp³-hybridized carbons (Fsp3) is 0.833. The number of thioether (sulfide) groups is 2. The van der Waals surface area contributed by atoms with Crippen LogP contribution >= 0.6 is 23.5 Å². The van der Waals surface area contributed by atoms with E-state index in [2.05, 4.69) is 19.2 Å². The average Bonchev–Trinajstić information content (AvgIpc) is 2.32. The molecule has 1 saturated heterocycles. The van der Waals surface area contributed by atoms with Crippen molar-refractivity contribution in [3.05, 3.63) is 0 Å². The molecular weight excluding hydrogens is 284 g/mol. The molecule has 1 heterocycles. The van der Waals surface area contributed by atoms with Crippen LogP contribution < -0.4 is 5.32 Å². The van der Waals surface area contributed by atoms with Gasteiger partial charge in [-0.05, 0) is 32.3 Å². The third-order valence-electron chi connectivity index (χ3n) is 2.92. The predicted molar refractivity (Wildman–Crippen MR) is 81.1 cm³/mol. The van der Waals surface area contributed by atoms with Crippen molar-refractivity contribution >= 4 is 35.5 Å². The Balaban J connectivity index is 2.54. The number of rotatable bonds is 5. The summed E-state index contributed by atoms with van der Waals surface area (Å²) in [4.78, 5) is 24.9. The van der Waals surface area contributed by atoms with Crippen molar-refractivity contribution in [3.8, 4) is 0 Å². The number of carboxylic acids is 1. The second kappa shape index (κ2) is 7.28. The Hall–Kier alpha value is -0.560. The summed E-state index contributed by atoms with van der Waals surface area (Å²) in [6, 6.07) is -1.06. The molecule has 0 unspecified atom stereocenters. The number of nitrogens with one attached hydrogen (secondary N) is 1. The molecule has 0 spiro atoms. The maximum absolute atomic E-state index is 12.1. The van der Waals surface area contributed by atoms with Crippen LogP contribution in [0.3, 0.4) is 0 Å². The molecule has 1 atom stereocenters. The SMILES string of the molecule is CSCC[C@@H](NC(=O)N1CCSC(C)(C)C1)C(=O)O. The highest BCUT2D eigenvalue weighted by Crippen LogP contribution is 2.29. The number of carbonyl (C=O) groups excluding carboxylic acids is 1. The zero-order valence-corrected chi connectivity index (χ0v) is 13.3. The lowest BCUT2D eigenvalue weighted by Crippen LogP contribution is -2.53. The summed E-state index contributed by atoms with van der Waals surface area (Å²) in [6.07, 6.45) is 2.37. The maximum atomic E-state index is 12.1. The van der Waals surface area contributed by atoms with Gasteiger partial charge >= 0.3 is 12.0 Å². The Morgan fingerprint density at radius 3 is 2.74 bits per heavy atom.